The molecule has 3 N–H and O–H groups in total. The number of urea groups is 1. The maximum Gasteiger partial charge on any atom is 0.325 e. The van der Waals surface area contributed by atoms with E-state index in [9.17, 15) is 9.59 Å². The summed E-state index contributed by atoms with van der Waals surface area (Å²) in [6.07, 6.45) is 0. The van der Waals surface area contributed by atoms with Crippen LogP contribution in [0.3, 0.4) is 0 Å². The number of nitrogens with one attached hydrogen (secondary N) is 3. The summed E-state index contributed by atoms with van der Waals surface area (Å²) < 4.78 is 0. The van der Waals surface area contributed by atoms with Gasteiger partial charge < -0.3 is 10.6 Å². The molecule has 0 aliphatic heterocycles. The number of carbonyl (C=O) groups excluding carboxylic acids is 2. The highest BCUT2D eigenvalue weighted by Gasteiger charge is 2.16. The molecule has 0 bridgehead atoms. The maximum atomic E-state index is 12.4. The van der Waals surface area contributed by atoms with Crippen molar-refractivity contribution in [2.45, 2.75) is 13.5 Å². The van der Waals surface area contributed by atoms with E-state index < -0.39 is 6.03 Å². The number of nitrogens with zero attached hydrogens (tertiary/aromatic N) is 1. The van der Waals surface area contributed by atoms with Gasteiger partial charge in [0.05, 0.1) is 5.69 Å². The van der Waals surface area contributed by atoms with E-state index in [0.29, 0.717) is 38.0 Å². The summed E-state index contributed by atoms with van der Waals surface area (Å²) >= 11 is 12.8. The zero-order chi connectivity index (χ0) is 20.1. The predicted octanol–water partition coefficient (Wildman–Crippen LogP) is 5.33. The molecule has 1 heterocycles. The van der Waals surface area contributed by atoms with Gasteiger partial charge in [-0.3, -0.25) is 10.1 Å². The summed E-state index contributed by atoms with van der Waals surface area (Å²) in [6.45, 7) is 2.09. The second kappa shape index (κ2) is 9.05. The highest BCUT2D eigenvalue weighted by atomic mass is 35.5. The molecule has 0 unspecified atom stereocenters. The SMILES string of the molecule is Cc1nc(NC(=O)Nc2ccc(Cl)cc2)sc1C(=O)NCc1ccc(Cl)cc1. The van der Waals surface area contributed by atoms with E-state index in [0.717, 1.165) is 16.9 Å². The number of halogens is 2. The van der Waals surface area contributed by atoms with E-state index in [1.165, 1.54) is 0 Å². The van der Waals surface area contributed by atoms with Crippen LogP contribution in [0.2, 0.25) is 10.0 Å². The van der Waals surface area contributed by atoms with Gasteiger partial charge in [-0.1, -0.05) is 46.7 Å². The second-order valence-corrected chi connectivity index (χ2v) is 7.70. The Hall–Kier alpha value is -2.61. The molecule has 6 nitrogen and oxygen atoms in total. The summed E-state index contributed by atoms with van der Waals surface area (Å²) in [5, 5.41) is 9.69. The molecule has 3 rings (SSSR count). The van der Waals surface area contributed by atoms with Gasteiger partial charge in [-0.2, -0.15) is 0 Å². The van der Waals surface area contributed by atoms with Gasteiger partial charge in [0, 0.05) is 22.3 Å². The monoisotopic (exact) mass is 434 g/mol. The van der Waals surface area contributed by atoms with Crippen molar-refractivity contribution < 1.29 is 9.59 Å². The Kier molecular flexibility index (Phi) is 6.51. The molecule has 0 spiro atoms. The largest absolute Gasteiger partial charge is 0.347 e. The van der Waals surface area contributed by atoms with Crippen LogP contribution in [0.5, 0.6) is 0 Å². The Labute approximate surface area is 175 Å². The average Bonchev–Trinajstić information content (AvgIpc) is 3.03. The predicted molar refractivity (Wildman–Crippen MR) is 114 cm³/mol. The third-order valence-corrected chi connectivity index (χ3v) is 5.27. The molecule has 28 heavy (non-hydrogen) atoms. The second-order valence-electron chi connectivity index (χ2n) is 5.83. The number of thiazole rings is 1. The first-order valence-corrected chi connectivity index (χ1v) is 9.81. The van der Waals surface area contributed by atoms with E-state index in [-0.39, 0.29) is 5.91 Å². The van der Waals surface area contributed by atoms with E-state index >= 15 is 0 Å². The number of rotatable bonds is 5. The molecule has 0 atom stereocenters. The van der Waals surface area contributed by atoms with Gasteiger partial charge in [0.1, 0.15) is 4.88 Å². The number of hydrogen-bond acceptors (Lipinski definition) is 4. The molecule has 144 valence electrons. The number of amides is 3. The van der Waals surface area contributed by atoms with Crippen LogP contribution in [0.15, 0.2) is 48.5 Å². The first-order valence-electron chi connectivity index (χ1n) is 8.24. The van der Waals surface area contributed by atoms with Crippen molar-refractivity contribution in [1.29, 1.82) is 0 Å². The molecule has 0 fully saturated rings. The number of hydrogen-bond donors (Lipinski definition) is 3. The quantitative estimate of drug-likeness (QED) is 0.507. The maximum absolute atomic E-state index is 12.4. The van der Waals surface area contributed by atoms with Crippen LogP contribution >= 0.6 is 34.5 Å². The van der Waals surface area contributed by atoms with Gasteiger partial charge >= 0.3 is 6.03 Å². The fourth-order valence-corrected chi connectivity index (χ4v) is 3.45. The van der Waals surface area contributed by atoms with Crippen LogP contribution in [0.4, 0.5) is 15.6 Å². The van der Waals surface area contributed by atoms with Gasteiger partial charge in [-0.15, -0.1) is 0 Å². The number of aryl methyl sites for hydroxylation is 1. The highest BCUT2D eigenvalue weighted by Crippen LogP contribution is 2.23. The van der Waals surface area contributed by atoms with Crippen molar-refractivity contribution in [2.75, 3.05) is 10.6 Å². The smallest absolute Gasteiger partial charge is 0.325 e. The average molecular weight is 435 g/mol. The molecular weight excluding hydrogens is 419 g/mol. The van der Waals surface area contributed by atoms with Gasteiger partial charge in [0.2, 0.25) is 0 Å². The molecule has 0 radical (unpaired) electrons. The zero-order valence-electron chi connectivity index (χ0n) is 14.8. The Bertz CT molecular complexity index is 988. The van der Waals surface area contributed by atoms with E-state index in [4.69, 9.17) is 23.2 Å². The zero-order valence-corrected chi connectivity index (χ0v) is 17.1. The first kappa shape index (κ1) is 20.1. The lowest BCUT2D eigenvalue weighted by molar-refractivity contribution is 0.0954. The van der Waals surface area contributed by atoms with Crippen molar-refractivity contribution in [3.05, 3.63) is 74.7 Å². The molecular formula is C19H16Cl2N4O2S. The fraction of sp³-hybridized carbons (Fsp3) is 0.105. The standard InChI is InChI=1S/C19H16Cl2N4O2S/c1-11-16(17(26)22-10-12-2-4-13(20)5-3-12)28-19(23-11)25-18(27)24-15-8-6-14(21)7-9-15/h2-9H,10H2,1H3,(H,22,26)(H2,23,24,25,27). The molecule has 2 aromatic carbocycles. The lowest BCUT2D eigenvalue weighted by atomic mass is 10.2. The summed E-state index contributed by atoms with van der Waals surface area (Å²) in [4.78, 5) is 29.2. The summed E-state index contributed by atoms with van der Waals surface area (Å²) in [5.41, 5.74) is 2.07. The molecule has 0 saturated carbocycles. The van der Waals surface area contributed by atoms with Crippen molar-refractivity contribution in [3.8, 4) is 0 Å². The third-order valence-electron chi connectivity index (χ3n) is 3.69. The lowest BCUT2D eigenvalue weighted by Crippen LogP contribution is -2.22. The van der Waals surface area contributed by atoms with Crippen LogP contribution in [0.25, 0.3) is 0 Å². The number of carbonyl (C=O) groups is 2. The van der Waals surface area contributed by atoms with Gasteiger partial charge in [-0.25, -0.2) is 9.78 Å². The van der Waals surface area contributed by atoms with Gasteiger partial charge in [0.25, 0.3) is 5.91 Å². The van der Waals surface area contributed by atoms with Crippen molar-refractivity contribution in [1.82, 2.24) is 10.3 Å². The number of aromatic nitrogens is 1. The minimum Gasteiger partial charge on any atom is -0.347 e. The Balaban J connectivity index is 1.58. The number of anilines is 2. The minimum atomic E-state index is -0.454. The van der Waals surface area contributed by atoms with Crippen molar-refractivity contribution >= 4 is 57.3 Å². The van der Waals surface area contributed by atoms with Crippen molar-refractivity contribution in [2.24, 2.45) is 0 Å². The van der Waals surface area contributed by atoms with Crippen molar-refractivity contribution in [3.63, 3.8) is 0 Å². The molecule has 0 aliphatic rings. The highest BCUT2D eigenvalue weighted by molar-refractivity contribution is 7.17. The third kappa shape index (κ3) is 5.45. The van der Waals surface area contributed by atoms with Crippen LogP contribution in [0, 0.1) is 6.92 Å². The number of benzene rings is 2. The summed E-state index contributed by atoms with van der Waals surface area (Å²) in [6, 6.07) is 13.5. The molecule has 0 saturated heterocycles. The topological polar surface area (TPSA) is 83.1 Å². The lowest BCUT2D eigenvalue weighted by Gasteiger charge is -2.05. The first-order chi connectivity index (χ1) is 13.4. The molecule has 3 amide bonds. The Morgan fingerprint density at radius 3 is 2.21 bits per heavy atom. The molecule has 9 heteroatoms. The van der Waals surface area contributed by atoms with E-state index in [1.54, 1.807) is 43.3 Å². The molecule has 3 aromatic rings. The fourth-order valence-electron chi connectivity index (χ4n) is 2.32. The normalized spacial score (nSPS) is 10.4. The Morgan fingerprint density at radius 2 is 1.57 bits per heavy atom. The molecule has 1 aromatic heterocycles. The minimum absolute atomic E-state index is 0.254. The van der Waals surface area contributed by atoms with Crippen LogP contribution in [-0.2, 0) is 6.54 Å². The van der Waals surface area contributed by atoms with Crippen LogP contribution in [0.1, 0.15) is 20.9 Å². The van der Waals surface area contributed by atoms with E-state index in [2.05, 4.69) is 20.9 Å². The Morgan fingerprint density at radius 1 is 0.964 bits per heavy atom. The van der Waals surface area contributed by atoms with Gasteiger partial charge in [0.15, 0.2) is 5.13 Å². The van der Waals surface area contributed by atoms with E-state index in [1.807, 2.05) is 12.1 Å². The van der Waals surface area contributed by atoms with Crippen LogP contribution < -0.4 is 16.0 Å². The molecule has 0 aliphatic carbocycles. The van der Waals surface area contributed by atoms with Gasteiger partial charge in [-0.05, 0) is 48.9 Å². The summed E-state index contributed by atoms with van der Waals surface area (Å²) in [7, 11) is 0. The summed E-state index contributed by atoms with van der Waals surface area (Å²) in [5.74, 6) is -0.254. The van der Waals surface area contributed by atoms with Crippen LogP contribution in [-0.4, -0.2) is 16.9 Å².